The molecule has 0 bridgehead atoms. The topological polar surface area (TPSA) is 39.2 Å². The predicted molar refractivity (Wildman–Crippen MR) is 55.1 cm³/mol. The molecule has 1 rings (SSSR count). The van der Waals surface area contributed by atoms with Gasteiger partial charge in [-0.2, -0.15) is 0 Å². The molecule has 0 unspecified atom stereocenters. The highest BCUT2D eigenvalue weighted by Gasteiger charge is 2.06. The van der Waals surface area contributed by atoms with Crippen molar-refractivity contribution in [1.29, 1.82) is 0 Å². The summed E-state index contributed by atoms with van der Waals surface area (Å²) in [5.74, 6) is 1.15. The van der Waals surface area contributed by atoms with E-state index >= 15 is 0 Å². The SMILES string of the molecule is COc1cncc(C(=O)CCCCl)c1. The van der Waals surface area contributed by atoms with Crippen LogP contribution in [0.1, 0.15) is 23.2 Å². The van der Waals surface area contributed by atoms with Gasteiger partial charge in [-0.3, -0.25) is 9.78 Å². The number of hydrogen-bond donors (Lipinski definition) is 0. The molecule has 0 aliphatic heterocycles. The monoisotopic (exact) mass is 213 g/mol. The highest BCUT2D eigenvalue weighted by Crippen LogP contribution is 2.12. The zero-order valence-corrected chi connectivity index (χ0v) is 8.75. The molecule has 1 heterocycles. The van der Waals surface area contributed by atoms with Crippen LogP contribution in [0.3, 0.4) is 0 Å². The summed E-state index contributed by atoms with van der Waals surface area (Å²) in [5, 5.41) is 0. The van der Waals surface area contributed by atoms with Crippen molar-refractivity contribution in [3.8, 4) is 5.75 Å². The van der Waals surface area contributed by atoms with Gasteiger partial charge in [-0.05, 0) is 12.5 Å². The van der Waals surface area contributed by atoms with Crippen LogP contribution in [-0.2, 0) is 0 Å². The van der Waals surface area contributed by atoms with Crippen molar-refractivity contribution >= 4 is 17.4 Å². The van der Waals surface area contributed by atoms with E-state index < -0.39 is 0 Å². The van der Waals surface area contributed by atoms with E-state index in [2.05, 4.69) is 4.98 Å². The second kappa shape index (κ2) is 5.60. The first-order chi connectivity index (χ1) is 6.77. The van der Waals surface area contributed by atoms with E-state index in [1.807, 2.05) is 0 Å². The fourth-order valence-corrected chi connectivity index (χ4v) is 1.19. The zero-order valence-electron chi connectivity index (χ0n) is 8.00. The molecule has 76 valence electrons. The van der Waals surface area contributed by atoms with E-state index in [4.69, 9.17) is 16.3 Å². The lowest BCUT2D eigenvalue weighted by atomic mass is 10.1. The number of methoxy groups -OCH3 is 1. The van der Waals surface area contributed by atoms with Crippen LogP contribution in [0.15, 0.2) is 18.5 Å². The van der Waals surface area contributed by atoms with Crippen LogP contribution in [0.5, 0.6) is 5.75 Å². The molecule has 14 heavy (non-hydrogen) atoms. The second-order valence-electron chi connectivity index (χ2n) is 2.83. The Morgan fingerprint density at radius 1 is 1.57 bits per heavy atom. The Balaban J connectivity index is 2.69. The minimum atomic E-state index is 0.0528. The second-order valence-corrected chi connectivity index (χ2v) is 3.21. The Hall–Kier alpha value is -1.09. The Labute approximate surface area is 88.1 Å². The van der Waals surface area contributed by atoms with Crippen LogP contribution in [-0.4, -0.2) is 23.8 Å². The average Bonchev–Trinajstić information content (AvgIpc) is 2.26. The number of ether oxygens (including phenoxy) is 1. The zero-order chi connectivity index (χ0) is 10.4. The molecule has 0 fully saturated rings. The smallest absolute Gasteiger partial charge is 0.164 e. The number of carbonyl (C=O) groups excluding carboxylic acids is 1. The number of alkyl halides is 1. The number of hydrogen-bond acceptors (Lipinski definition) is 3. The van der Waals surface area contributed by atoms with E-state index in [1.54, 1.807) is 25.6 Å². The van der Waals surface area contributed by atoms with Crippen LogP contribution in [0, 0.1) is 0 Å². The Bertz CT molecular complexity index is 315. The molecule has 0 spiro atoms. The van der Waals surface area contributed by atoms with E-state index in [0.29, 0.717) is 30.0 Å². The van der Waals surface area contributed by atoms with Gasteiger partial charge in [-0.15, -0.1) is 11.6 Å². The highest BCUT2D eigenvalue weighted by atomic mass is 35.5. The number of pyridine rings is 1. The molecule has 0 amide bonds. The lowest BCUT2D eigenvalue weighted by Gasteiger charge is -2.02. The van der Waals surface area contributed by atoms with Crippen LogP contribution in [0.4, 0.5) is 0 Å². The first-order valence-corrected chi connectivity index (χ1v) is 4.89. The minimum Gasteiger partial charge on any atom is -0.495 e. The van der Waals surface area contributed by atoms with Crippen molar-refractivity contribution < 1.29 is 9.53 Å². The van der Waals surface area contributed by atoms with Gasteiger partial charge in [-0.25, -0.2) is 0 Å². The molecule has 0 saturated heterocycles. The molecule has 3 nitrogen and oxygen atoms in total. The molecule has 0 aliphatic rings. The lowest BCUT2D eigenvalue weighted by molar-refractivity contribution is 0.0981. The van der Waals surface area contributed by atoms with Crippen molar-refractivity contribution in [3.63, 3.8) is 0 Å². The lowest BCUT2D eigenvalue weighted by Crippen LogP contribution is -2.00. The molecule has 1 aromatic heterocycles. The first kappa shape index (κ1) is 11.0. The summed E-state index contributed by atoms with van der Waals surface area (Å²) < 4.78 is 4.97. The number of rotatable bonds is 5. The van der Waals surface area contributed by atoms with E-state index in [0.717, 1.165) is 0 Å². The van der Waals surface area contributed by atoms with Crippen LogP contribution in [0.2, 0.25) is 0 Å². The molecule has 0 N–H and O–H groups in total. The summed E-state index contributed by atoms with van der Waals surface area (Å²) in [6.07, 6.45) is 4.26. The quantitative estimate of drug-likeness (QED) is 0.557. The first-order valence-electron chi connectivity index (χ1n) is 4.36. The third-order valence-corrected chi connectivity index (χ3v) is 2.08. The van der Waals surface area contributed by atoms with Crippen LogP contribution in [0.25, 0.3) is 0 Å². The molecule has 0 atom stereocenters. The van der Waals surface area contributed by atoms with Crippen molar-refractivity contribution in [2.75, 3.05) is 13.0 Å². The summed E-state index contributed by atoms with van der Waals surface area (Å²) >= 11 is 5.50. The summed E-state index contributed by atoms with van der Waals surface area (Å²) in [4.78, 5) is 15.4. The number of halogens is 1. The number of ketones is 1. The van der Waals surface area contributed by atoms with E-state index in [1.165, 1.54) is 0 Å². The summed E-state index contributed by atoms with van der Waals surface area (Å²) in [6.45, 7) is 0. The predicted octanol–water partition coefficient (Wildman–Crippen LogP) is 2.29. The van der Waals surface area contributed by atoms with Crippen molar-refractivity contribution in [1.82, 2.24) is 4.98 Å². The molecule has 0 saturated carbocycles. The molecular formula is C10H12ClNO2. The van der Waals surface area contributed by atoms with Gasteiger partial charge in [0.2, 0.25) is 0 Å². The van der Waals surface area contributed by atoms with Gasteiger partial charge in [0.05, 0.1) is 13.3 Å². The number of Topliss-reactive ketones (excluding diaryl/α,β-unsaturated/α-hetero) is 1. The van der Waals surface area contributed by atoms with Gasteiger partial charge in [-0.1, -0.05) is 0 Å². The van der Waals surface area contributed by atoms with Gasteiger partial charge in [0.25, 0.3) is 0 Å². The van der Waals surface area contributed by atoms with Crippen LogP contribution >= 0.6 is 11.6 Å². The average molecular weight is 214 g/mol. The van der Waals surface area contributed by atoms with Gasteiger partial charge in [0.1, 0.15) is 5.75 Å². The highest BCUT2D eigenvalue weighted by molar-refractivity contribution is 6.18. The van der Waals surface area contributed by atoms with Gasteiger partial charge < -0.3 is 4.74 Å². The van der Waals surface area contributed by atoms with Crippen molar-refractivity contribution in [3.05, 3.63) is 24.0 Å². The summed E-state index contributed by atoms with van der Waals surface area (Å²) in [7, 11) is 1.55. The van der Waals surface area contributed by atoms with Crippen molar-refractivity contribution in [2.45, 2.75) is 12.8 Å². The van der Waals surface area contributed by atoms with E-state index in [-0.39, 0.29) is 5.78 Å². The van der Waals surface area contributed by atoms with Gasteiger partial charge in [0, 0.05) is 24.1 Å². The maximum atomic E-state index is 11.5. The molecule has 0 radical (unpaired) electrons. The standard InChI is InChI=1S/C10H12ClNO2/c1-14-9-5-8(6-12-7-9)10(13)3-2-4-11/h5-7H,2-4H2,1H3. The maximum absolute atomic E-state index is 11.5. The Morgan fingerprint density at radius 3 is 3.00 bits per heavy atom. The fraction of sp³-hybridized carbons (Fsp3) is 0.400. The maximum Gasteiger partial charge on any atom is 0.164 e. The number of carbonyl (C=O) groups is 1. The minimum absolute atomic E-state index is 0.0528. The third kappa shape index (κ3) is 3.00. The van der Waals surface area contributed by atoms with Gasteiger partial charge in [0.15, 0.2) is 5.78 Å². The molecule has 1 aromatic rings. The summed E-state index contributed by atoms with van der Waals surface area (Å²) in [6, 6.07) is 1.68. The third-order valence-electron chi connectivity index (χ3n) is 1.81. The molecular weight excluding hydrogens is 202 g/mol. The molecule has 0 aromatic carbocycles. The normalized spacial score (nSPS) is 9.86. The Morgan fingerprint density at radius 2 is 2.36 bits per heavy atom. The van der Waals surface area contributed by atoms with Crippen molar-refractivity contribution in [2.24, 2.45) is 0 Å². The van der Waals surface area contributed by atoms with E-state index in [9.17, 15) is 4.79 Å². The molecule has 4 heteroatoms. The van der Waals surface area contributed by atoms with Gasteiger partial charge >= 0.3 is 0 Å². The number of nitrogens with zero attached hydrogens (tertiary/aromatic N) is 1. The largest absolute Gasteiger partial charge is 0.495 e. The summed E-state index contributed by atoms with van der Waals surface area (Å²) in [5.41, 5.74) is 0.578. The number of aromatic nitrogens is 1. The fourth-order valence-electron chi connectivity index (χ4n) is 1.05. The van der Waals surface area contributed by atoms with Crippen LogP contribution < -0.4 is 4.74 Å². The molecule has 0 aliphatic carbocycles. The Kier molecular flexibility index (Phi) is 4.40.